The van der Waals surface area contributed by atoms with E-state index in [-0.39, 0.29) is 17.7 Å². The van der Waals surface area contributed by atoms with Crippen LogP contribution in [0, 0.1) is 18.8 Å². The van der Waals surface area contributed by atoms with Crippen molar-refractivity contribution in [3.8, 4) is 0 Å². The van der Waals surface area contributed by atoms with Gasteiger partial charge in [-0.1, -0.05) is 6.42 Å². The SMILES string of the molecule is Cc1cc(C(=O)NCC2CCCC2C(=O)O)ccc1N. The number of carboxylic acids is 1. The molecular formula is C15H20N2O3. The Morgan fingerprint density at radius 2 is 2.15 bits per heavy atom. The molecule has 0 aliphatic heterocycles. The lowest BCUT2D eigenvalue weighted by Crippen LogP contribution is -2.33. The summed E-state index contributed by atoms with van der Waals surface area (Å²) in [5.41, 5.74) is 7.79. The summed E-state index contributed by atoms with van der Waals surface area (Å²) in [6.07, 6.45) is 2.48. The Morgan fingerprint density at radius 1 is 1.40 bits per heavy atom. The molecule has 1 saturated carbocycles. The molecule has 0 radical (unpaired) electrons. The second-order valence-electron chi connectivity index (χ2n) is 5.42. The first-order valence-corrected chi connectivity index (χ1v) is 6.86. The highest BCUT2D eigenvalue weighted by Gasteiger charge is 2.32. The van der Waals surface area contributed by atoms with Crippen LogP contribution in [-0.2, 0) is 4.79 Å². The summed E-state index contributed by atoms with van der Waals surface area (Å²) >= 11 is 0. The fourth-order valence-corrected chi connectivity index (χ4v) is 2.75. The molecule has 1 aliphatic carbocycles. The molecule has 0 aromatic heterocycles. The highest BCUT2D eigenvalue weighted by molar-refractivity contribution is 5.94. The van der Waals surface area contributed by atoms with E-state index in [1.165, 1.54) is 0 Å². The highest BCUT2D eigenvalue weighted by atomic mass is 16.4. The molecular weight excluding hydrogens is 256 g/mol. The summed E-state index contributed by atoms with van der Waals surface area (Å²) < 4.78 is 0. The van der Waals surface area contributed by atoms with Gasteiger partial charge in [0.15, 0.2) is 0 Å². The third kappa shape index (κ3) is 3.10. The third-order valence-electron chi connectivity index (χ3n) is 4.03. The van der Waals surface area contributed by atoms with E-state index in [0.29, 0.717) is 24.2 Å². The van der Waals surface area contributed by atoms with E-state index in [4.69, 9.17) is 10.8 Å². The molecule has 1 aliphatic rings. The van der Waals surface area contributed by atoms with E-state index < -0.39 is 5.97 Å². The zero-order valence-corrected chi connectivity index (χ0v) is 11.6. The predicted octanol–water partition coefficient (Wildman–Crippen LogP) is 1.81. The van der Waals surface area contributed by atoms with E-state index in [1.54, 1.807) is 18.2 Å². The van der Waals surface area contributed by atoms with Crippen molar-refractivity contribution in [1.29, 1.82) is 0 Å². The zero-order valence-electron chi connectivity index (χ0n) is 11.6. The number of hydrogen-bond acceptors (Lipinski definition) is 3. The van der Waals surface area contributed by atoms with Crippen LogP contribution >= 0.6 is 0 Å². The Kier molecular flexibility index (Phi) is 4.27. The minimum atomic E-state index is -0.759. The van der Waals surface area contributed by atoms with Gasteiger partial charge in [-0.05, 0) is 49.4 Å². The maximum absolute atomic E-state index is 12.0. The number of carbonyl (C=O) groups is 2. The Balaban J connectivity index is 1.95. The molecule has 0 saturated heterocycles. The van der Waals surface area contributed by atoms with E-state index in [9.17, 15) is 9.59 Å². The first-order valence-electron chi connectivity index (χ1n) is 6.86. The van der Waals surface area contributed by atoms with E-state index >= 15 is 0 Å². The van der Waals surface area contributed by atoms with Gasteiger partial charge in [-0.15, -0.1) is 0 Å². The van der Waals surface area contributed by atoms with Crippen LogP contribution in [-0.4, -0.2) is 23.5 Å². The molecule has 5 heteroatoms. The van der Waals surface area contributed by atoms with Crippen LogP contribution < -0.4 is 11.1 Å². The largest absolute Gasteiger partial charge is 0.481 e. The van der Waals surface area contributed by atoms with Gasteiger partial charge in [-0.25, -0.2) is 0 Å². The predicted molar refractivity (Wildman–Crippen MR) is 76.4 cm³/mol. The molecule has 2 rings (SSSR count). The molecule has 1 aromatic rings. The second-order valence-corrected chi connectivity index (χ2v) is 5.42. The topological polar surface area (TPSA) is 92.4 Å². The van der Waals surface area contributed by atoms with Crippen LogP contribution in [0.3, 0.4) is 0 Å². The second kappa shape index (κ2) is 5.94. The van der Waals surface area contributed by atoms with Crippen LogP contribution in [0.4, 0.5) is 5.69 Å². The molecule has 0 bridgehead atoms. The number of hydrogen-bond donors (Lipinski definition) is 3. The number of nitrogens with one attached hydrogen (secondary N) is 1. The standard InChI is InChI=1S/C15H20N2O3/c1-9-7-10(5-6-13(9)16)14(18)17-8-11-3-2-4-12(11)15(19)20/h5-7,11-12H,2-4,8,16H2,1H3,(H,17,18)(H,19,20). The normalized spacial score (nSPS) is 21.6. The molecule has 1 aromatic carbocycles. The minimum Gasteiger partial charge on any atom is -0.481 e. The maximum Gasteiger partial charge on any atom is 0.306 e. The van der Waals surface area contributed by atoms with Crippen molar-refractivity contribution in [2.24, 2.45) is 11.8 Å². The molecule has 0 spiro atoms. The smallest absolute Gasteiger partial charge is 0.306 e. The van der Waals surface area contributed by atoms with Gasteiger partial charge >= 0.3 is 5.97 Å². The molecule has 4 N–H and O–H groups in total. The average molecular weight is 276 g/mol. The summed E-state index contributed by atoms with van der Waals surface area (Å²) in [5, 5.41) is 11.9. The van der Waals surface area contributed by atoms with Crippen LogP contribution in [0.1, 0.15) is 35.2 Å². The molecule has 2 unspecified atom stereocenters. The Bertz CT molecular complexity index is 528. The molecule has 0 heterocycles. The lowest BCUT2D eigenvalue weighted by molar-refractivity contribution is -0.142. The summed E-state index contributed by atoms with van der Waals surface area (Å²) in [5.74, 6) is -1.23. The number of nitrogen functional groups attached to an aromatic ring is 1. The molecule has 1 fully saturated rings. The van der Waals surface area contributed by atoms with Gasteiger partial charge < -0.3 is 16.2 Å². The Morgan fingerprint density at radius 3 is 2.80 bits per heavy atom. The first-order chi connectivity index (χ1) is 9.49. The summed E-state index contributed by atoms with van der Waals surface area (Å²) in [4.78, 5) is 23.1. The molecule has 5 nitrogen and oxygen atoms in total. The number of nitrogens with two attached hydrogens (primary N) is 1. The maximum atomic E-state index is 12.0. The number of anilines is 1. The van der Waals surface area contributed by atoms with Gasteiger partial charge in [-0.2, -0.15) is 0 Å². The van der Waals surface area contributed by atoms with Crippen molar-refractivity contribution in [2.75, 3.05) is 12.3 Å². The van der Waals surface area contributed by atoms with Crippen molar-refractivity contribution in [3.05, 3.63) is 29.3 Å². The van der Waals surface area contributed by atoms with E-state index in [0.717, 1.165) is 18.4 Å². The number of benzene rings is 1. The van der Waals surface area contributed by atoms with Gasteiger partial charge in [0.1, 0.15) is 0 Å². The summed E-state index contributed by atoms with van der Waals surface area (Å²) in [6, 6.07) is 5.13. The van der Waals surface area contributed by atoms with Crippen LogP contribution in [0.5, 0.6) is 0 Å². The van der Waals surface area contributed by atoms with E-state index in [1.807, 2.05) is 6.92 Å². The minimum absolute atomic E-state index is 0.0336. The van der Waals surface area contributed by atoms with Crippen LogP contribution in [0.2, 0.25) is 0 Å². The lowest BCUT2D eigenvalue weighted by atomic mass is 9.96. The number of aliphatic carboxylic acids is 1. The highest BCUT2D eigenvalue weighted by Crippen LogP contribution is 2.31. The number of carbonyl (C=O) groups excluding carboxylic acids is 1. The van der Waals surface area contributed by atoms with Crippen molar-refractivity contribution >= 4 is 17.6 Å². The zero-order chi connectivity index (χ0) is 14.7. The number of rotatable bonds is 4. The van der Waals surface area contributed by atoms with Gasteiger partial charge in [0.2, 0.25) is 0 Å². The van der Waals surface area contributed by atoms with Crippen LogP contribution in [0.15, 0.2) is 18.2 Å². The fourth-order valence-electron chi connectivity index (χ4n) is 2.75. The quantitative estimate of drug-likeness (QED) is 0.731. The Hall–Kier alpha value is -2.04. The monoisotopic (exact) mass is 276 g/mol. The lowest BCUT2D eigenvalue weighted by Gasteiger charge is -2.16. The van der Waals surface area contributed by atoms with Gasteiger partial charge in [0.25, 0.3) is 5.91 Å². The van der Waals surface area contributed by atoms with Gasteiger partial charge in [-0.3, -0.25) is 9.59 Å². The van der Waals surface area contributed by atoms with Crippen LogP contribution in [0.25, 0.3) is 0 Å². The fraction of sp³-hybridized carbons (Fsp3) is 0.467. The molecule has 20 heavy (non-hydrogen) atoms. The summed E-state index contributed by atoms with van der Waals surface area (Å²) in [7, 11) is 0. The van der Waals surface area contributed by atoms with Crippen molar-refractivity contribution in [3.63, 3.8) is 0 Å². The Labute approximate surface area is 118 Å². The molecule has 2 atom stereocenters. The van der Waals surface area contributed by atoms with Crippen molar-refractivity contribution in [2.45, 2.75) is 26.2 Å². The number of carboxylic acid groups (broad SMARTS) is 1. The van der Waals surface area contributed by atoms with E-state index in [2.05, 4.69) is 5.32 Å². The van der Waals surface area contributed by atoms with Gasteiger partial charge in [0, 0.05) is 17.8 Å². The van der Waals surface area contributed by atoms with Crippen molar-refractivity contribution < 1.29 is 14.7 Å². The average Bonchev–Trinajstić information content (AvgIpc) is 2.87. The first kappa shape index (κ1) is 14.4. The summed E-state index contributed by atoms with van der Waals surface area (Å²) in [6.45, 7) is 2.27. The van der Waals surface area contributed by atoms with Crippen molar-refractivity contribution in [1.82, 2.24) is 5.32 Å². The number of amides is 1. The van der Waals surface area contributed by atoms with Gasteiger partial charge in [0.05, 0.1) is 5.92 Å². The third-order valence-corrected chi connectivity index (χ3v) is 4.03. The number of aryl methyl sites for hydroxylation is 1. The molecule has 108 valence electrons. The molecule has 1 amide bonds.